The second kappa shape index (κ2) is 14.7. The number of halogens is 4. The van der Waals surface area contributed by atoms with Gasteiger partial charge in [0.2, 0.25) is 0 Å². The quantitative estimate of drug-likeness (QED) is 0.146. The maximum absolute atomic E-state index is 5.88. The molecule has 0 aliphatic heterocycles. The van der Waals surface area contributed by atoms with E-state index in [1.807, 2.05) is 13.8 Å². The smallest absolute Gasteiger partial charge is 0.147 e. The summed E-state index contributed by atoms with van der Waals surface area (Å²) in [5.41, 5.74) is 4.26. The van der Waals surface area contributed by atoms with E-state index >= 15 is 0 Å². The highest BCUT2D eigenvalue weighted by atomic mass is 79.9. The third kappa shape index (κ3) is 10.2. The first kappa shape index (κ1) is 28.6. The van der Waals surface area contributed by atoms with Crippen LogP contribution in [0.25, 0.3) is 0 Å². The van der Waals surface area contributed by atoms with Gasteiger partial charge in [0.15, 0.2) is 0 Å². The summed E-state index contributed by atoms with van der Waals surface area (Å²) in [6.45, 7) is 14.5. The highest BCUT2D eigenvalue weighted by Gasteiger charge is 2.13. The van der Waals surface area contributed by atoms with E-state index in [0.717, 1.165) is 58.1 Å². The van der Waals surface area contributed by atoms with Crippen molar-refractivity contribution in [3.63, 3.8) is 0 Å². The molecule has 0 aliphatic carbocycles. The molecule has 0 saturated heterocycles. The van der Waals surface area contributed by atoms with Crippen molar-refractivity contribution in [2.45, 2.75) is 20.3 Å². The Balaban J connectivity index is 1.97. The van der Waals surface area contributed by atoms with Gasteiger partial charge in [-0.3, -0.25) is 0 Å². The minimum absolute atomic E-state index is 0.462. The van der Waals surface area contributed by atoms with E-state index in [4.69, 9.17) is 18.9 Å². The lowest BCUT2D eigenvalue weighted by atomic mass is 10.0. The zero-order valence-corrected chi connectivity index (χ0v) is 25.2. The maximum atomic E-state index is 5.88. The lowest BCUT2D eigenvalue weighted by Gasteiger charge is -2.14. The monoisotopic (exact) mass is 708 g/mol. The van der Waals surface area contributed by atoms with Crippen LogP contribution in [0, 0.1) is 0 Å². The van der Waals surface area contributed by atoms with Crippen LogP contribution in [0.2, 0.25) is 0 Å². The standard InChI is InChI=1S/C25H28Br4O4/c1-16(2)14-30-5-7-32-24-20(26)10-18(11-21(24)27)9-19-12-22(28)25(23(29)13-19)33-8-6-31-15-17(3)4/h10-13H,1,3,5-9,14-15H2,2,4H3. The van der Waals surface area contributed by atoms with Crippen LogP contribution < -0.4 is 9.47 Å². The summed E-state index contributed by atoms with van der Waals surface area (Å²) >= 11 is 14.5. The molecular weight excluding hydrogens is 684 g/mol. The molecule has 0 unspecified atom stereocenters. The molecule has 4 nitrogen and oxygen atoms in total. The largest absolute Gasteiger partial charge is 0.489 e. The van der Waals surface area contributed by atoms with Crippen molar-refractivity contribution < 1.29 is 18.9 Å². The van der Waals surface area contributed by atoms with Gasteiger partial charge in [0, 0.05) is 0 Å². The Bertz CT molecular complexity index is 851. The predicted molar refractivity (Wildman–Crippen MR) is 149 cm³/mol. The number of hydrogen-bond acceptors (Lipinski definition) is 4. The van der Waals surface area contributed by atoms with Crippen molar-refractivity contribution in [3.05, 3.63) is 77.6 Å². The van der Waals surface area contributed by atoms with E-state index in [9.17, 15) is 0 Å². The van der Waals surface area contributed by atoms with Gasteiger partial charge in [-0.1, -0.05) is 24.3 Å². The third-order valence-corrected chi connectivity index (χ3v) is 6.53. The maximum Gasteiger partial charge on any atom is 0.147 e. The van der Waals surface area contributed by atoms with Crippen LogP contribution in [0.1, 0.15) is 25.0 Å². The fourth-order valence-electron chi connectivity index (χ4n) is 2.84. The summed E-state index contributed by atoms with van der Waals surface area (Å²) in [5, 5.41) is 0. The molecule has 0 atom stereocenters. The minimum atomic E-state index is 0.462. The number of benzene rings is 2. The first-order valence-electron chi connectivity index (χ1n) is 10.3. The van der Waals surface area contributed by atoms with E-state index in [1.165, 1.54) is 0 Å². The van der Waals surface area contributed by atoms with E-state index in [2.05, 4.69) is 101 Å². The van der Waals surface area contributed by atoms with Crippen molar-refractivity contribution in [1.82, 2.24) is 0 Å². The van der Waals surface area contributed by atoms with E-state index in [0.29, 0.717) is 39.6 Å². The zero-order chi connectivity index (χ0) is 24.4. The molecule has 0 spiro atoms. The van der Waals surface area contributed by atoms with Crippen LogP contribution in [0.15, 0.2) is 66.5 Å². The molecule has 0 fully saturated rings. The molecule has 2 aromatic carbocycles. The summed E-state index contributed by atoms with van der Waals surface area (Å²) in [6, 6.07) is 8.28. The van der Waals surface area contributed by atoms with Crippen molar-refractivity contribution >= 4 is 63.7 Å². The number of hydrogen-bond donors (Lipinski definition) is 0. The number of ether oxygens (including phenoxy) is 4. The van der Waals surface area contributed by atoms with E-state index < -0.39 is 0 Å². The topological polar surface area (TPSA) is 36.9 Å². The highest BCUT2D eigenvalue weighted by Crippen LogP contribution is 2.38. The van der Waals surface area contributed by atoms with E-state index in [-0.39, 0.29) is 0 Å². The Labute approximate surface area is 230 Å². The van der Waals surface area contributed by atoms with Gasteiger partial charge in [-0.05, 0) is 119 Å². The van der Waals surface area contributed by atoms with Crippen LogP contribution >= 0.6 is 63.7 Å². The van der Waals surface area contributed by atoms with Gasteiger partial charge in [0.25, 0.3) is 0 Å². The average molecular weight is 712 g/mol. The molecule has 0 aliphatic rings. The molecule has 180 valence electrons. The average Bonchev–Trinajstić information content (AvgIpc) is 2.70. The van der Waals surface area contributed by atoms with Crippen molar-refractivity contribution in [2.75, 3.05) is 39.6 Å². The lowest BCUT2D eigenvalue weighted by molar-refractivity contribution is 0.116. The fourth-order valence-corrected chi connectivity index (χ4v) is 5.86. The Kier molecular flexibility index (Phi) is 12.7. The molecule has 0 radical (unpaired) electrons. The Hall–Kier alpha value is -0.640. The molecule has 0 saturated carbocycles. The molecule has 0 bridgehead atoms. The fraction of sp³-hybridized carbons (Fsp3) is 0.360. The zero-order valence-electron chi connectivity index (χ0n) is 18.8. The SMILES string of the molecule is C=C(C)COCCOc1c(Br)cc(Cc2cc(Br)c(OCCOCC(=C)C)c(Br)c2)cc1Br. The van der Waals surface area contributed by atoms with Crippen LogP contribution in [0.4, 0.5) is 0 Å². The Morgan fingerprint density at radius 2 is 0.970 bits per heavy atom. The lowest BCUT2D eigenvalue weighted by Crippen LogP contribution is -2.09. The Morgan fingerprint density at radius 3 is 1.27 bits per heavy atom. The highest BCUT2D eigenvalue weighted by molar-refractivity contribution is 9.11. The van der Waals surface area contributed by atoms with Gasteiger partial charge < -0.3 is 18.9 Å². The van der Waals surface area contributed by atoms with E-state index in [1.54, 1.807) is 0 Å². The predicted octanol–water partition coefficient (Wildman–Crippen LogP) is 8.27. The van der Waals surface area contributed by atoms with Gasteiger partial charge >= 0.3 is 0 Å². The molecule has 2 aromatic rings. The molecule has 33 heavy (non-hydrogen) atoms. The van der Waals surface area contributed by atoms with Gasteiger partial charge in [-0.25, -0.2) is 0 Å². The Morgan fingerprint density at radius 1 is 0.636 bits per heavy atom. The van der Waals surface area contributed by atoms with Crippen molar-refractivity contribution in [1.29, 1.82) is 0 Å². The third-order valence-electron chi connectivity index (χ3n) is 4.17. The molecule has 0 heterocycles. The molecule has 8 heteroatoms. The molecule has 0 amide bonds. The van der Waals surface area contributed by atoms with Gasteiger partial charge in [-0.15, -0.1) is 0 Å². The summed E-state index contributed by atoms with van der Waals surface area (Å²) < 4.78 is 26.3. The van der Waals surface area contributed by atoms with Crippen molar-refractivity contribution in [3.8, 4) is 11.5 Å². The number of rotatable bonds is 14. The summed E-state index contributed by atoms with van der Waals surface area (Å²) in [6.07, 6.45) is 0.748. The summed E-state index contributed by atoms with van der Waals surface area (Å²) in [5.74, 6) is 1.52. The summed E-state index contributed by atoms with van der Waals surface area (Å²) in [4.78, 5) is 0. The molecular formula is C25H28Br4O4. The molecule has 2 rings (SSSR count). The summed E-state index contributed by atoms with van der Waals surface area (Å²) in [7, 11) is 0. The first-order valence-corrected chi connectivity index (χ1v) is 13.5. The minimum Gasteiger partial charge on any atom is -0.489 e. The molecule has 0 N–H and O–H groups in total. The normalized spacial score (nSPS) is 10.8. The van der Waals surface area contributed by atoms with Crippen LogP contribution in [0.5, 0.6) is 11.5 Å². The van der Waals surface area contributed by atoms with Crippen LogP contribution in [-0.4, -0.2) is 39.6 Å². The second-order valence-corrected chi connectivity index (χ2v) is 11.1. The van der Waals surface area contributed by atoms with Gasteiger partial charge in [-0.2, -0.15) is 0 Å². The van der Waals surface area contributed by atoms with Crippen LogP contribution in [-0.2, 0) is 15.9 Å². The van der Waals surface area contributed by atoms with Crippen molar-refractivity contribution in [2.24, 2.45) is 0 Å². The van der Waals surface area contributed by atoms with Crippen LogP contribution in [0.3, 0.4) is 0 Å². The van der Waals surface area contributed by atoms with Gasteiger partial charge in [0.05, 0.1) is 44.3 Å². The first-order chi connectivity index (χ1) is 15.7. The second-order valence-electron chi connectivity index (χ2n) is 7.67. The van der Waals surface area contributed by atoms with Gasteiger partial charge in [0.1, 0.15) is 24.7 Å². The molecule has 0 aromatic heterocycles.